The van der Waals surface area contributed by atoms with Crippen LogP contribution in [0.5, 0.6) is 5.75 Å². The summed E-state index contributed by atoms with van der Waals surface area (Å²) >= 11 is 0. The molecule has 0 fully saturated rings. The Kier molecular flexibility index (Phi) is 4.41. The number of methoxy groups -OCH3 is 1. The maximum Gasteiger partial charge on any atom is 0.249 e. The van der Waals surface area contributed by atoms with E-state index in [1.807, 2.05) is 6.07 Å². The molecule has 0 spiro atoms. The molecular formula is C22H24N2O2. The van der Waals surface area contributed by atoms with E-state index in [-0.39, 0.29) is 5.91 Å². The van der Waals surface area contributed by atoms with Crippen LogP contribution in [-0.2, 0) is 17.8 Å². The molecule has 1 N–H and O–H groups in total. The first kappa shape index (κ1) is 16.7. The average Bonchev–Trinajstić information content (AvgIpc) is 2.82. The Bertz CT molecular complexity index is 868. The van der Waals surface area contributed by atoms with E-state index < -0.39 is 0 Å². The lowest BCUT2D eigenvalue weighted by molar-refractivity contribution is -0.117. The second kappa shape index (κ2) is 6.87. The Morgan fingerprint density at radius 1 is 1.12 bits per heavy atom. The van der Waals surface area contributed by atoms with Crippen LogP contribution in [0, 0.1) is 6.92 Å². The van der Waals surface area contributed by atoms with Crippen molar-refractivity contribution in [2.75, 3.05) is 20.2 Å². The molecule has 134 valence electrons. The SMILES string of the molecule is COc1ccc2c(c1)C1=C(CC2)C(=O)NCCN1Cc1ccc(C)cc1. The molecule has 0 atom stereocenters. The third kappa shape index (κ3) is 3.07. The maximum absolute atomic E-state index is 12.6. The molecule has 2 aliphatic rings. The minimum absolute atomic E-state index is 0.0693. The summed E-state index contributed by atoms with van der Waals surface area (Å²) in [5.41, 5.74) is 6.90. The number of fused-ring (bicyclic) bond motifs is 2. The highest BCUT2D eigenvalue weighted by atomic mass is 16.5. The number of rotatable bonds is 3. The predicted molar refractivity (Wildman–Crippen MR) is 103 cm³/mol. The van der Waals surface area contributed by atoms with Gasteiger partial charge in [0.1, 0.15) is 5.75 Å². The zero-order chi connectivity index (χ0) is 18.1. The Morgan fingerprint density at radius 2 is 1.92 bits per heavy atom. The van der Waals surface area contributed by atoms with E-state index in [2.05, 4.69) is 53.5 Å². The lowest BCUT2D eigenvalue weighted by Crippen LogP contribution is -2.29. The molecule has 0 saturated heterocycles. The summed E-state index contributed by atoms with van der Waals surface area (Å²) in [4.78, 5) is 15.0. The number of carbonyl (C=O) groups is 1. The van der Waals surface area contributed by atoms with Gasteiger partial charge in [-0.25, -0.2) is 0 Å². The van der Waals surface area contributed by atoms with E-state index in [0.717, 1.165) is 48.5 Å². The number of benzene rings is 2. The van der Waals surface area contributed by atoms with Crippen LogP contribution in [0.4, 0.5) is 0 Å². The summed E-state index contributed by atoms with van der Waals surface area (Å²) in [6, 6.07) is 14.8. The Morgan fingerprint density at radius 3 is 2.69 bits per heavy atom. The lowest BCUT2D eigenvalue weighted by Gasteiger charge is -2.31. The highest BCUT2D eigenvalue weighted by Gasteiger charge is 2.29. The van der Waals surface area contributed by atoms with Crippen molar-refractivity contribution in [1.29, 1.82) is 0 Å². The predicted octanol–water partition coefficient (Wildman–Crippen LogP) is 3.29. The van der Waals surface area contributed by atoms with Gasteiger partial charge in [-0.15, -0.1) is 0 Å². The van der Waals surface area contributed by atoms with Crippen LogP contribution in [0.15, 0.2) is 48.0 Å². The van der Waals surface area contributed by atoms with Gasteiger partial charge in [-0.2, -0.15) is 0 Å². The number of ether oxygens (including phenoxy) is 1. The van der Waals surface area contributed by atoms with E-state index in [0.29, 0.717) is 6.54 Å². The summed E-state index contributed by atoms with van der Waals surface area (Å²) in [5, 5.41) is 3.06. The van der Waals surface area contributed by atoms with Crippen LogP contribution < -0.4 is 10.1 Å². The Labute approximate surface area is 154 Å². The lowest BCUT2D eigenvalue weighted by atomic mass is 9.88. The molecular weight excluding hydrogens is 324 g/mol. The number of carbonyl (C=O) groups excluding carboxylic acids is 1. The molecule has 4 rings (SSSR count). The van der Waals surface area contributed by atoms with Gasteiger partial charge in [-0.3, -0.25) is 4.79 Å². The third-order valence-corrected chi connectivity index (χ3v) is 5.25. The Balaban J connectivity index is 1.78. The van der Waals surface area contributed by atoms with Crippen molar-refractivity contribution in [2.45, 2.75) is 26.3 Å². The van der Waals surface area contributed by atoms with Gasteiger partial charge in [-0.05, 0) is 43.0 Å². The number of nitrogens with one attached hydrogen (secondary N) is 1. The van der Waals surface area contributed by atoms with Gasteiger partial charge in [0.25, 0.3) is 0 Å². The summed E-state index contributed by atoms with van der Waals surface area (Å²) in [7, 11) is 1.68. The van der Waals surface area contributed by atoms with Crippen LogP contribution in [0.2, 0.25) is 0 Å². The molecule has 4 nitrogen and oxygen atoms in total. The maximum atomic E-state index is 12.6. The molecule has 4 heteroatoms. The quantitative estimate of drug-likeness (QED) is 0.925. The van der Waals surface area contributed by atoms with Crippen molar-refractivity contribution < 1.29 is 9.53 Å². The number of hydrogen-bond acceptors (Lipinski definition) is 3. The molecule has 1 amide bonds. The molecule has 1 heterocycles. The van der Waals surface area contributed by atoms with E-state index in [1.54, 1.807) is 7.11 Å². The van der Waals surface area contributed by atoms with E-state index >= 15 is 0 Å². The highest BCUT2D eigenvalue weighted by molar-refractivity contribution is 6.02. The fourth-order valence-electron chi connectivity index (χ4n) is 3.84. The molecule has 0 bridgehead atoms. The monoisotopic (exact) mass is 348 g/mol. The van der Waals surface area contributed by atoms with Crippen molar-refractivity contribution in [3.05, 3.63) is 70.3 Å². The smallest absolute Gasteiger partial charge is 0.249 e. The second-order valence-corrected chi connectivity index (χ2v) is 7.01. The second-order valence-electron chi connectivity index (χ2n) is 7.01. The first-order valence-electron chi connectivity index (χ1n) is 9.15. The first-order valence-corrected chi connectivity index (χ1v) is 9.15. The molecule has 0 saturated carbocycles. The van der Waals surface area contributed by atoms with E-state index in [1.165, 1.54) is 16.7 Å². The first-order chi connectivity index (χ1) is 12.7. The van der Waals surface area contributed by atoms with E-state index in [4.69, 9.17) is 4.74 Å². The molecule has 1 aliphatic carbocycles. The summed E-state index contributed by atoms with van der Waals surface area (Å²) in [6.45, 7) is 4.36. The van der Waals surface area contributed by atoms with Crippen molar-refractivity contribution in [2.24, 2.45) is 0 Å². The van der Waals surface area contributed by atoms with Gasteiger partial charge in [0, 0.05) is 30.8 Å². The molecule has 0 radical (unpaired) electrons. The molecule has 0 unspecified atom stereocenters. The van der Waals surface area contributed by atoms with Crippen molar-refractivity contribution in [1.82, 2.24) is 10.2 Å². The van der Waals surface area contributed by atoms with Crippen LogP contribution in [0.3, 0.4) is 0 Å². The number of nitrogens with zero attached hydrogens (tertiary/aromatic N) is 1. The van der Waals surface area contributed by atoms with Gasteiger partial charge in [0.05, 0.1) is 12.8 Å². The van der Waals surface area contributed by atoms with Crippen LogP contribution in [0.25, 0.3) is 5.70 Å². The number of aryl methyl sites for hydroxylation is 2. The van der Waals surface area contributed by atoms with Gasteiger partial charge in [-0.1, -0.05) is 35.9 Å². The number of amides is 1. The van der Waals surface area contributed by atoms with Crippen molar-refractivity contribution >= 4 is 11.6 Å². The van der Waals surface area contributed by atoms with Gasteiger partial charge >= 0.3 is 0 Å². The minimum atomic E-state index is 0.0693. The van der Waals surface area contributed by atoms with Crippen LogP contribution in [-0.4, -0.2) is 31.0 Å². The minimum Gasteiger partial charge on any atom is -0.497 e. The fourth-order valence-corrected chi connectivity index (χ4v) is 3.84. The normalized spacial score (nSPS) is 16.5. The largest absolute Gasteiger partial charge is 0.497 e. The van der Waals surface area contributed by atoms with Crippen LogP contribution >= 0.6 is 0 Å². The van der Waals surface area contributed by atoms with Gasteiger partial charge in [0.15, 0.2) is 0 Å². The van der Waals surface area contributed by atoms with Crippen molar-refractivity contribution in [3.63, 3.8) is 0 Å². The zero-order valence-electron chi connectivity index (χ0n) is 15.3. The Hall–Kier alpha value is -2.75. The average molecular weight is 348 g/mol. The molecule has 1 aliphatic heterocycles. The molecule has 26 heavy (non-hydrogen) atoms. The topological polar surface area (TPSA) is 41.6 Å². The molecule has 2 aromatic rings. The highest BCUT2D eigenvalue weighted by Crippen LogP contribution is 2.37. The zero-order valence-corrected chi connectivity index (χ0v) is 15.3. The van der Waals surface area contributed by atoms with E-state index in [9.17, 15) is 4.79 Å². The third-order valence-electron chi connectivity index (χ3n) is 5.25. The molecule has 0 aromatic heterocycles. The van der Waals surface area contributed by atoms with Crippen LogP contribution in [0.1, 0.15) is 28.7 Å². The summed E-state index contributed by atoms with van der Waals surface area (Å²) in [5.74, 6) is 0.900. The van der Waals surface area contributed by atoms with Gasteiger partial charge in [0.2, 0.25) is 5.91 Å². The summed E-state index contributed by atoms with van der Waals surface area (Å²) < 4.78 is 5.44. The van der Waals surface area contributed by atoms with Gasteiger partial charge < -0.3 is 15.0 Å². The summed E-state index contributed by atoms with van der Waals surface area (Å²) in [6.07, 6.45) is 1.68. The fraction of sp³-hybridized carbons (Fsp3) is 0.318. The standard InChI is InChI=1S/C22H24N2O2/c1-15-3-5-16(6-4-15)14-24-12-11-23-22(25)19-10-8-17-7-9-18(26-2)13-20(17)21(19)24/h3-7,9,13H,8,10-12,14H2,1-2H3,(H,23,25). The van der Waals surface area contributed by atoms with Crippen molar-refractivity contribution in [3.8, 4) is 5.75 Å². The number of hydrogen-bond donors (Lipinski definition) is 1. The molecule has 2 aromatic carbocycles.